The van der Waals surface area contributed by atoms with Crippen molar-refractivity contribution in [3.05, 3.63) is 47.5 Å². The molecule has 0 radical (unpaired) electrons. The zero-order chi connectivity index (χ0) is 17.1. The van der Waals surface area contributed by atoms with Gasteiger partial charge in [0.15, 0.2) is 11.7 Å². The zero-order valence-electron chi connectivity index (χ0n) is 13.8. The molecular formula is C18H18N2O3S. The number of thiazole rings is 1. The lowest BCUT2D eigenvalue weighted by atomic mass is 10.1. The molecule has 0 atom stereocenters. The molecule has 1 N–H and O–H groups in total. The first-order valence-electron chi connectivity index (χ1n) is 7.49. The number of benzene rings is 2. The van der Waals surface area contributed by atoms with E-state index in [1.54, 1.807) is 31.4 Å². The number of nitrogens with zero attached hydrogens (tertiary/aromatic N) is 1. The molecule has 1 aromatic heterocycles. The fraction of sp³-hybridized carbons (Fsp3) is 0.222. The summed E-state index contributed by atoms with van der Waals surface area (Å²) in [5, 5.41) is 3.36. The summed E-state index contributed by atoms with van der Waals surface area (Å²) in [4.78, 5) is 16.5. The molecule has 6 heteroatoms. The third-order valence-electron chi connectivity index (χ3n) is 3.68. The van der Waals surface area contributed by atoms with Crippen molar-refractivity contribution in [2.45, 2.75) is 13.8 Å². The lowest BCUT2D eigenvalue weighted by Crippen LogP contribution is -2.19. The number of ether oxygens (including phenoxy) is 2. The van der Waals surface area contributed by atoms with Gasteiger partial charge in [-0.05, 0) is 61.4 Å². The van der Waals surface area contributed by atoms with Gasteiger partial charge in [0.25, 0.3) is 5.91 Å². The molecule has 24 heavy (non-hydrogen) atoms. The van der Waals surface area contributed by atoms with Crippen LogP contribution in [-0.2, 0) is 4.79 Å². The summed E-state index contributed by atoms with van der Waals surface area (Å²) in [5.41, 5.74) is 3.30. The summed E-state index contributed by atoms with van der Waals surface area (Å²) >= 11 is 1.46. The standard InChI is InChI=1S/C18H18N2O3S/c1-11-8-15-16(9-12(11)2)24-18(19-15)20-17(21)10-23-14-6-4-13(22-3)5-7-14/h4-9H,10H2,1-3H3,(H,19,20,21). The van der Waals surface area contributed by atoms with E-state index in [1.807, 2.05) is 6.07 Å². The molecule has 0 bridgehead atoms. The number of methoxy groups -OCH3 is 1. The molecule has 0 saturated heterocycles. The Morgan fingerprint density at radius 2 is 1.79 bits per heavy atom. The SMILES string of the molecule is COc1ccc(OCC(=O)Nc2nc3cc(C)c(C)cc3s2)cc1. The minimum atomic E-state index is -0.238. The summed E-state index contributed by atoms with van der Waals surface area (Å²) in [7, 11) is 1.60. The Kier molecular flexibility index (Phi) is 4.66. The molecule has 0 aliphatic rings. The van der Waals surface area contributed by atoms with Crippen LogP contribution >= 0.6 is 11.3 Å². The van der Waals surface area contributed by atoms with Crippen molar-refractivity contribution in [2.24, 2.45) is 0 Å². The number of aromatic nitrogens is 1. The lowest BCUT2D eigenvalue weighted by Gasteiger charge is -2.06. The fourth-order valence-corrected chi connectivity index (χ4v) is 3.17. The van der Waals surface area contributed by atoms with Crippen molar-refractivity contribution < 1.29 is 14.3 Å². The molecule has 2 aromatic carbocycles. The van der Waals surface area contributed by atoms with Gasteiger partial charge in [-0.3, -0.25) is 10.1 Å². The van der Waals surface area contributed by atoms with E-state index in [4.69, 9.17) is 9.47 Å². The smallest absolute Gasteiger partial charge is 0.264 e. The molecule has 0 fully saturated rings. The molecule has 124 valence electrons. The molecule has 0 saturated carbocycles. The van der Waals surface area contributed by atoms with Gasteiger partial charge in [-0.1, -0.05) is 11.3 Å². The minimum Gasteiger partial charge on any atom is -0.497 e. The number of rotatable bonds is 5. The van der Waals surface area contributed by atoms with Crippen molar-refractivity contribution in [1.82, 2.24) is 4.98 Å². The van der Waals surface area contributed by atoms with E-state index in [2.05, 4.69) is 30.2 Å². The first kappa shape index (κ1) is 16.3. The Labute approximate surface area is 144 Å². The van der Waals surface area contributed by atoms with Crippen molar-refractivity contribution >= 4 is 32.6 Å². The molecule has 0 aliphatic carbocycles. The van der Waals surface area contributed by atoms with Gasteiger partial charge in [0, 0.05) is 0 Å². The highest BCUT2D eigenvalue weighted by molar-refractivity contribution is 7.22. The number of carbonyl (C=O) groups is 1. The highest BCUT2D eigenvalue weighted by atomic mass is 32.1. The number of amides is 1. The van der Waals surface area contributed by atoms with E-state index in [-0.39, 0.29) is 12.5 Å². The minimum absolute atomic E-state index is 0.0691. The van der Waals surface area contributed by atoms with E-state index in [0.717, 1.165) is 16.0 Å². The third-order valence-corrected chi connectivity index (χ3v) is 4.61. The van der Waals surface area contributed by atoms with E-state index in [0.29, 0.717) is 10.9 Å². The fourth-order valence-electron chi connectivity index (χ4n) is 2.21. The molecule has 1 heterocycles. The number of hydrogen-bond acceptors (Lipinski definition) is 5. The van der Waals surface area contributed by atoms with Gasteiger partial charge in [-0.2, -0.15) is 0 Å². The predicted molar refractivity (Wildman–Crippen MR) is 96.2 cm³/mol. The van der Waals surface area contributed by atoms with Gasteiger partial charge in [-0.25, -0.2) is 4.98 Å². The molecule has 0 spiro atoms. The first-order chi connectivity index (χ1) is 11.5. The van der Waals surface area contributed by atoms with Crippen LogP contribution in [0.5, 0.6) is 11.5 Å². The van der Waals surface area contributed by atoms with Crippen LogP contribution < -0.4 is 14.8 Å². The highest BCUT2D eigenvalue weighted by Gasteiger charge is 2.10. The number of aryl methyl sites for hydroxylation is 2. The second-order valence-corrected chi connectivity index (χ2v) is 6.47. The number of carbonyl (C=O) groups excluding carboxylic acids is 1. The Balaban J connectivity index is 1.61. The molecule has 3 rings (SSSR count). The van der Waals surface area contributed by atoms with E-state index in [1.165, 1.54) is 22.5 Å². The molecule has 1 amide bonds. The Morgan fingerprint density at radius 3 is 2.50 bits per heavy atom. The molecule has 0 aliphatic heterocycles. The largest absolute Gasteiger partial charge is 0.497 e. The number of fused-ring (bicyclic) bond motifs is 1. The van der Waals surface area contributed by atoms with Crippen molar-refractivity contribution in [1.29, 1.82) is 0 Å². The van der Waals surface area contributed by atoms with Crippen molar-refractivity contribution in [2.75, 3.05) is 19.0 Å². The zero-order valence-corrected chi connectivity index (χ0v) is 14.6. The summed E-state index contributed by atoms with van der Waals surface area (Å²) in [6.45, 7) is 4.05. The van der Waals surface area contributed by atoms with Gasteiger partial charge < -0.3 is 9.47 Å². The first-order valence-corrected chi connectivity index (χ1v) is 8.31. The normalized spacial score (nSPS) is 10.6. The summed E-state index contributed by atoms with van der Waals surface area (Å²) < 4.78 is 11.6. The number of nitrogens with one attached hydrogen (secondary N) is 1. The van der Waals surface area contributed by atoms with Crippen LogP contribution in [0, 0.1) is 13.8 Å². The van der Waals surface area contributed by atoms with Gasteiger partial charge in [0.1, 0.15) is 11.5 Å². The number of hydrogen-bond donors (Lipinski definition) is 1. The molecule has 5 nitrogen and oxygen atoms in total. The monoisotopic (exact) mass is 342 g/mol. The average Bonchev–Trinajstić information content (AvgIpc) is 2.94. The Bertz CT molecular complexity index is 833. The maximum absolute atomic E-state index is 12.0. The molecule has 3 aromatic rings. The van der Waals surface area contributed by atoms with Crippen LogP contribution in [0.25, 0.3) is 10.2 Å². The van der Waals surface area contributed by atoms with E-state index >= 15 is 0 Å². The summed E-state index contributed by atoms with van der Waals surface area (Å²) in [5.74, 6) is 1.12. The number of anilines is 1. The van der Waals surface area contributed by atoms with Crippen LogP contribution in [0.15, 0.2) is 36.4 Å². The Morgan fingerprint density at radius 1 is 1.12 bits per heavy atom. The predicted octanol–water partition coefficient (Wildman–Crippen LogP) is 3.94. The van der Waals surface area contributed by atoms with Gasteiger partial charge in [-0.15, -0.1) is 0 Å². The van der Waals surface area contributed by atoms with Crippen LogP contribution in [0.2, 0.25) is 0 Å². The van der Waals surface area contributed by atoms with Gasteiger partial charge >= 0.3 is 0 Å². The summed E-state index contributed by atoms with van der Waals surface area (Å²) in [6, 6.07) is 11.2. The van der Waals surface area contributed by atoms with Crippen LogP contribution in [0.3, 0.4) is 0 Å². The van der Waals surface area contributed by atoms with Crippen LogP contribution in [0.1, 0.15) is 11.1 Å². The summed E-state index contributed by atoms with van der Waals surface area (Å²) in [6.07, 6.45) is 0. The topological polar surface area (TPSA) is 60.5 Å². The van der Waals surface area contributed by atoms with E-state index < -0.39 is 0 Å². The highest BCUT2D eigenvalue weighted by Crippen LogP contribution is 2.28. The Hall–Kier alpha value is -2.60. The van der Waals surface area contributed by atoms with Crippen molar-refractivity contribution in [3.63, 3.8) is 0 Å². The van der Waals surface area contributed by atoms with Crippen LogP contribution in [-0.4, -0.2) is 24.6 Å². The quantitative estimate of drug-likeness (QED) is 0.763. The second kappa shape index (κ2) is 6.88. The van der Waals surface area contributed by atoms with Crippen molar-refractivity contribution in [3.8, 4) is 11.5 Å². The molecule has 0 unspecified atom stereocenters. The average molecular weight is 342 g/mol. The maximum Gasteiger partial charge on any atom is 0.264 e. The third kappa shape index (κ3) is 3.65. The van der Waals surface area contributed by atoms with E-state index in [9.17, 15) is 4.79 Å². The van der Waals surface area contributed by atoms with Gasteiger partial charge in [0.05, 0.1) is 17.3 Å². The maximum atomic E-state index is 12.0. The molecular weight excluding hydrogens is 324 g/mol. The van der Waals surface area contributed by atoms with Crippen LogP contribution in [0.4, 0.5) is 5.13 Å². The second-order valence-electron chi connectivity index (χ2n) is 5.44. The lowest BCUT2D eigenvalue weighted by molar-refractivity contribution is -0.118. The van der Waals surface area contributed by atoms with Gasteiger partial charge in [0.2, 0.25) is 0 Å².